The van der Waals surface area contributed by atoms with Gasteiger partial charge in [-0.15, -0.1) is 0 Å². The molecule has 4 nitrogen and oxygen atoms in total. The molecule has 1 atom stereocenters. The van der Waals surface area contributed by atoms with Gasteiger partial charge in [0.25, 0.3) is 0 Å². The van der Waals surface area contributed by atoms with Crippen LogP contribution in [0.1, 0.15) is 16.8 Å². The SMILES string of the molecule is Cc1ccc2[nH]c3c(c2c1)CC(NC(=O)Oc1ccccc1)C3. The molecule has 1 amide bonds. The van der Waals surface area contributed by atoms with E-state index in [2.05, 4.69) is 35.4 Å². The summed E-state index contributed by atoms with van der Waals surface area (Å²) in [6.07, 6.45) is 1.25. The molecule has 1 aliphatic carbocycles. The zero-order valence-electron chi connectivity index (χ0n) is 12.9. The number of carbonyl (C=O) groups excluding carboxylic acids is 1. The first kappa shape index (κ1) is 13.9. The molecule has 1 aromatic heterocycles. The van der Waals surface area contributed by atoms with Gasteiger partial charge in [0.2, 0.25) is 0 Å². The lowest BCUT2D eigenvalue weighted by Gasteiger charge is -2.12. The Morgan fingerprint density at radius 2 is 2.00 bits per heavy atom. The van der Waals surface area contributed by atoms with Crippen molar-refractivity contribution in [2.24, 2.45) is 0 Å². The van der Waals surface area contributed by atoms with E-state index < -0.39 is 6.09 Å². The van der Waals surface area contributed by atoms with Crippen LogP contribution in [0, 0.1) is 6.92 Å². The van der Waals surface area contributed by atoms with Crippen molar-refractivity contribution in [1.82, 2.24) is 10.3 Å². The van der Waals surface area contributed by atoms with Crippen molar-refractivity contribution in [2.45, 2.75) is 25.8 Å². The lowest BCUT2D eigenvalue weighted by atomic mass is 10.1. The largest absolute Gasteiger partial charge is 0.412 e. The smallest absolute Gasteiger partial charge is 0.410 e. The van der Waals surface area contributed by atoms with Crippen molar-refractivity contribution in [3.05, 3.63) is 65.4 Å². The highest BCUT2D eigenvalue weighted by molar-refractivity contribution is 5.86. The Labute approximate surface area is 134 Å². The number of fused-ring (bicyclic) bond motifs is 3. The molecule has 2 aromatic carbocycles. The quantitative estimate of drug-likeness (QED) is 0.758. The average Bonchev–Trinajstić information content (AvgIpc) is 3.05. The number of para-hydroxylation sites is 1. The highest BCUT2D eigenvalue weighted by atomic mass is 16.6. The number of ether oxygens (including phenoxy) is 1. The van der Waals surface area contributed by atoms with E-state index in [9.17, 15) is 4.79 Å². The summed E-state index contributed by atoms with van der Waals surface area (Å²) in [6, 6.07) is 15.6. The Morgan fingerprint density at radius 1 is 1.17 bits per heavy atom. The Kier molecular flexibility index (Phi) is 3.30. The Hall–Kier alpha value is -2.75. The average molecular weight is 306 g/mol. The first-order valence-electron chi connectivity index (χ1n) is 7.82. The van der Waals surface area contributed by atoms with E-state index in [-0.39, 0.29) is 6.04 Å². The molecule has 4 rings (SSSR count). The fourth-order valence-corrected chi connectivity index (χ4v) is 3.28. The monoisotopic (exact) mass is 306 g/mol. The molecule has 116 valence electrons. The molecule has 0 aliphatic heterocycles. The first-order valence-corrected chi connectivity index (χ1v) is 7.82. The molecule has 4 heteroatoms. The molecule has 0 saturated carbocycles. The van der Waals surface area contributed by atoms with Crippen molar-refractivity contribution in [3.8, 4) is 5.75 Å². The van der Waals surface area contributed by atoms with Crippen LogP contribution >= 0.6 is 0 Å². The van der Waals surface area contributed by atoms with Crippen LogP contribution < -0.4 is 10.1 Å². The second kappa shape index (κ2) is 5.47. The number of H-pyrrole nitrogens is 1. The lowest BCUT2D eigenvalue weighted by molar-refractivity contribution is 0.196. The van der Waals surface area contributed by atoms with Gasteiger partial charge in [-0.3, -0.25) is 0 Å². The van der Waals surface area contributed by atoms with E-state index >= 15 is 0 Å². The molecule has 0 saturated heterocycles. The molecular weight excluding hydrogens is 288 g/mol. The van der Waals surface area contributed by atoms with E-state index in [1.165, 1.54) is 27.7 Å². The normalized spacial score (nSPS) is 16.3. The molecule has 1 unspecified atom stereocenters. The van der Waals surface area contributed by atoms with Crippen LogP contribution in [0.5, 0.6) is 5.75 Å². The maximum absolute atomic E-state index is 12.0. The van der Waals surface area contributed by atoms with Gasteiger partial charge in [-0.1, -0.05) is 29.8 Å². The lowest BCUT2D eigenvalue weighted by Crippen LogP contribution is -2.37. The first-order chi connectivity index (χ1) is 11.2. The van der Waals surface area contributed by atoms with E-state index in [0.29, 0.717) is 5.75 Å². The number of aromatic amines is 1. The molecule has 2 N–H and O–H groups in total. The summed E-state index contributed by atoms with van der Waals surface area (Å²) in [5, 5.41) is 4.22. The number of hydrogen-bond donors (Lipinski definition) is 2. The van der Waals surface area contributed by atoms with Crippen LogP contribution in [0.3, 0.4) is 0 Å². The van der Waals surface area contributed by atoms with Crippen LogP contribution in [0.15, 0.2) is 48.5 Å². The molecule has 0 fully saturated rings. The van der Waals surface area contributed by atoms with Crippen LogP contribution in [0.25, 0.3) is 10.9 Å². The zero-order valence-corrected chi connectivity index (χ0v) is 12.9. The van der Waals surface area contributed by atoms with Gasteiger partial charge in [0.15, 0.2) is 0 Å². The third-order valence-electron chi connectivity index (χ3n) is 4.33. The predicted molar refractivity (Wildman–Crippen MR) is 89.8 cm³/mol. The van der Waals surface area contributed by atoms with Crippen molar-refractivity contribution in [1.29, 1.82) is 0 Å². The molecule has 1 heterocycles. The maximum atomic E-state index is 12.0. The molecule has 0 spiro atoms. The summed E-state index contributed by atoms with van der Waals surface area (Å²) in [7, 11) is 0. The van der Waals surface area contributed by atoms with E-state index in [1.54, 1.807) is 12.1 Å². The van der Waals surface area contributed by atoms with Gasteiger partial charge >= 0.3 is 6.09 Å². The van der Waals surface area contributed by atoms with Crippen molar-refractivity contribution in [2.75, 3.05) is 0 Å². The highest BCUT2D eigenvalue weighted by Crippen LogP contribution is 2.30. The van der Waals surface area contributed by atoms with Crippen LogP contribution in [0.2, 0.25) is 0 Å². The summed E-state index contributed by atoms with van der Waals surface area (Å²) in [4.78, 5) is 15.5. The highest BCUT2D eigenvalue weighted by Gasteiger charge is 2.27. The molecule has 23 heavy (non-hydrogen) atoms. The van der Waals surface area contributed by atoms with Gasteiger partial charge in [-0.05, 0) is 43.2 Å². The second-order valence-electron chi connectivity index (χ2n) is 6.08. The summed E-state index contributed by atoms with van der Waals surface area (Å²) in [5.41, 5.74) is 4.95. The number of benzene rings is 2. The van der Waals surface area contributed by atoms with Crippen molar-refractivity contribution < 1.29 is 9.53 Å². The van der Waals surface area contributed by atoms with Crippen molar-refractivity contribution >= 4 is 17.0 Å². The zero-order chi connectivity index (χ0) is 15.8. The van der Waals surface area contributed by atoms with Gasteiger partial charge in [-0.2, -0.15) is 0 Å². The van der Waals surface area contributed by atoms with Crippen LogP contribution in [-0.4, -0.2) is 17.1 Å². The van der Waals surface area contributed by atoms with E-state index in [1.807, 2.05) is 18.2 Å². The number of hydrogen-bond acceptors (Lipinski definition) is 2. The van der Waals surface area contributed by atoms with Gasteiger partial charge in [0.05, 0.1) is 0 Å². The summed E-state index contributed by atoms with van der Waals surface area (Å²) in [6.45, 7) is 2.10. The third kappa shape index (κ3) is 2.68. The molecular formula is C19H18N2O2. The fourth-order valence-electron chi connectivity index (χ4n) is 3.28. The number of amides is 1. The Balaban J connectivity index is 1.46. The second-order valence-corrected chi connectivity index (χ2v) is 6.08. The van der Waals surface area contributed by atoms with E-state index in [0.717, 1.165) is 12.8 Å². The van der Waals surface area contributed by atoms with Crippen molar-refractivity contribution in [3.63, 3.8) is 0 Å². The van der Waals surface area contributed by atoms with E-state index in [4.69, 9.17) is 4.74 Å². The standard InChI is InChI=1S/C19H18N2O2/c1-12-7-8-17-15(9-12)16-10-13(11-18(16)21-17)20-19(22)23-14-5-3-2-4-6-14/h2-9,13,21H,10-11H2,1H3,(H,20,22). The van der Waals surface area contributed by atoms with Crippen LogP contribution in [-0.2, 0) is 12.8 Å². The minimum Gasteiger partial charge on any atom is -0.410 e. The minimum absolute atomic E-state index is 0.0809. The number of nitrogens with one attached hydrogen (secondary N) is 2. The Bertz CT molecular complexity index is 868. The molecule has 3 aromatic rings. The topological polar surface area (TPSA) is 54.1 Å². The number of aromatic nitrogens is 1. The van der Waals surface area contributed by atoms with Crippen LogP contribution in [0.4, 0.5) is 4.79 Å². The summed E-state index contributed by atoms with van der Waals surface area (Å²) < 4.78 is 5.30. The third-order valence-corrected chi connectivity index (χ3v) is 4.33. The maximum Gasteiger partial charge on any atom is 0.412 e. The summed E-state index contributed by atoms with van der Waals surface area (Å²) in [5.74, 6) is 0.558. The van der Waals surface area contributed by atoms with Gasteiger partial charge in [-0.25, -0.2) is 4.79 Å². The Morgan fingerprint density at radius 3 is 2.83 bits per heavy atom. The molecule has 0 radical (unpaired) electrons. The molecule has 1 aliphatic rings. The number of aryl methyl sites for hydroxylation is 1. The molecule has 0 bridgehead atoms. The van der Waals surface area contributed by atoms with Gasteiger partial charge < -0.3 is 15.0 Å². The minimum atomic E-state index is -0.396. The summed E-state index contributed by atoms with van der Waals surface area (Å²) >= 11 is 0. The fraction of sp³-hybridized carbons (Fsp3) is 0.211. The number of carbonyl (C=O) groups is 1. The number of rotatable bonds is 2. The predicted octanol–water partition coefficient (Wildman–Crippen LogP) is 3.73. The van der Waals surface area contributed by atoms with Gasteiger partial charge in [0, 0.05) is 29.1 Å². The van der Waals surface area contributed by atoms with Gasteiger partial charge in [0.1, 0.15) is 5.75 Å².